The summed E-state index contributed by atoms with van der Waals surface area (Å²) in [6, 6.07) is 6.40. The number of carbonyl (C=O) groups excluding carboxylic acids is 1. The number of benzene rings is 1. The number of nitrogens with zero attached hydrogens (tertiary/aromatic N) is 4. The van der Waals surface area contributed by atoms with Gasteiger partial charge in [0.15, 0.2) is 15.9 Å². The van der Waals surface area contributed by atoms with E-state index in [4.69, 9.17) is 0 Å². The van der Waals surface area contributed by atoms with Gasteiger partial charge in [0, 0.05) is 10.3 Å². The average Bonchev–Trinajstić information content (AvgIpc) is 3.17. The predicted octanol–water partition coefficient (Wildman–Crippen LogP) is 5.00. The number of hydrogen-bond donors (Lipinski definition) is 1. The largest absolute Gasteiger partial charge is 0.301 e. The molecule has 0 fully saturated rings. The molecule has 0 aliphatic heterocycles. The first kappa shape index (κ1) is 19.8. The molecule has 4 aromatic rings. The topological polar surface area (TPSA) is 72.2 Å². The summed E-state index contributed by atoms with van der Waals surface area (Å²) in [5, 5.41) is 13.8. The average molecular weight is 426 g/mol. The van der Waals surface area contributed by atoms with Crippen molar-refractivity contribution >= 4 is 50.7 Å². The number of hydrogen-bond acceptors (Lipinski definition) is 6. The smallest absolute Gasteiger partial charge is 0.239 e. The zero-order valence-corrected chi connectivity index (χ0v) is 19.0. The predicted molar refractivity (Wildman–Crippen MR) is 120 cm³/mol. The van der Waals surface area contributed by atoms with Crippen LogP contribution in [0.5, 0.6) is 0 Å². The number of anilines is 1. The summed E-state index contributed by atoms with van der Waals surface area (Å²) < 4.78 is 2.06. The second kappa shape index (κ2) is 7.42. The van der Waals surface area contributed by atoms with E-state index in [0.717, 1.165) is 21.7 Å². The molecule has 8 heteroatoms. The summed E-state index contributed by atoms with van der Waals surface area (Å²) in [5.74, 6) is -0.0931. The molecule has 0 bridgehead atoms. The third-order valence-electron chi connectivity index (χ3n) is 5.01. The van der Waals surface area contributed by atoms with Crippen LogP contribution in [0.2, 0.25) is 0 Å². The van der Waals surface area contributed by atoms with E-state index in [1.165, 1.54) is 45.2 Å². The zero-order valence-electron chi connectivity index (χ0n) is 17.3. The van der Waals surface area contributed by atoms with Crippen molar-refractivity contribution in [1.29, 1.82) is 0 Å². The van der Waals surface area contributed by atoms with Crippen LogP contribution in [0, 0.1) is 34.6 Å². The number of thiazole rings is 1. The van der Waals surface area contributed by atoms with Gasteiger partial charge < -0.3 is 5.32 Å². The molecule has 6 nitrogen and oxygen atoms in total. The Morgan fingerprint density at radius 3 is 2.55 bits per heavy atom. The highest BCUT2D eigenvalue weighted by atomic mass is 32.2. The summed E-state index contributed by atoms with van der Waals surface area (Å²) in [6.07, 6.45) is 0. The number of thioether (sulfide) groups is 1. The van der Waals surface area contributed by atoms with Gasteiger partial charge in [0.25, 0.3) is 0 Å². The molecule has 3 aromatic heterocycles. The van der Waals surface area contributed by atoms with E-state index in [9.17, 15) is 4.79 Å². The lowest BCUT2D eigenvalue weighted by Gasteiger charge is -2.13. The maximum Gasteiger partial charge on any atom is 0.239 e. The minimum atomic E-state index is -0.339. The van der Waals surface area contributed by atoms with Crippen LogP contribution in [0.1, 0.15) is 34.2 Å². The molecular weight excluding hydrogens is 402 g/mol. The number of pyridine rings is 1. The SMILES string of the molecule is Cc1cc(C)c2c(c1)c(C)cc1nnc(SC(C)C(=O)Nc3nc(C)c(C)s3)n12. The summed E-state index contributed by atoms with van der Waals surface area (Å²) in [5.41, 5.74) is 6.40. The molecule has 0 spiro atoms. The molecule has 150 valence electrons. The highest BCUT2D eigenvalue weighted by molar-refractivity contribution is 8.00. The van der Waals surface area contributed by atoms with E-state index in [1.54, 1.807) is 0 Å². The van der Waals surface area contributed by atoms with Crippen LogP contribution in [-0.2, 0) is 4.79 Å². The lowest BCUT2D eigenvalue weighted by Crippen LogP contribution is -2.22. The molecule has 0 aliphatic rings. The first-order valence-corrected chi connectivity index (χ1v) is 11.1. The van der Waals surface area contributed by atoms with E-state index in [-0.39, 0.29) is 11.2 Å². The third-order valence-corrected chi connectivity index (χ3v) is 7.04. The Hall–Kier alpha value is -2.45. The molecule has 3 heterocycles. The second-order valence-corrected chi connectivity index (χ2v) is 9.90. The molecule has 0 saturated heterocycles. The van der Waals surface area contributed by atoms with Crippen molar-refractivity contribution in [2.75, 3.05) is 5.32 Å². The Morgan fingerprint density at radius 1 is 1.10 bits per heavy atom. The monoisotopic (exact) mass is 425 g/mol. The van der Waals surface area contributed by atoms with Crippen molar-refractivity contribution in [3.63, 3.8) is 0 Å². The van der Waals surface area contributed by atoms with Crippen LogP contribution in [0.4, 0.5) is 5.13 Å². The van der Waals surface area contributed by atoms with Crippen molar-refractivity contribution in [2.45, 2.75) is 51.9 Å². The van der Waals surface area contributed by atoms with Crippen LogP contribution in [-0.4, -0.2) is 30.7 Å². The number of amides is 1. The van der Waals surface area contributed by atoms with Gasteiger partial charge in [0.05, 0.1) is 16.5 Å². The van der Waals surface area contributed by atoms with Gasteiger partial charge in [-0.1, -0.05) is 23.4 Å². The van der Waals surface area contributed by atoms with E-state index >= 15 is 0 Å². The van der Waals surface area contributed by atoms with Crippen LogP contribution >= 0.6 is 23.1 Å². The van der Waals surface area contributed by atoms with Crippen LogP contribution < -0.4 is 5.32 Å². The Morgan fingerprint density at radius 2 is 1.86 bits per heavy atom. The van der Waals surface area contributed by atoms with Gasteiger partial charge in [-0.15, -0.1) is 21.5 Å². The highest BCUT2D eigenvalue weighted by Gasteiger charge is 2.21. The van der Waals surface area contributed by atoms with Crippen molar-refractivity contribution in [3.8, 4) is 0 Å². The number of carbonyl (C=O) groups is 1. The molecule has 4 rings (SSSR count). The van der Waals surface area contributed by atoms with Crippen molar-refractivity contribution in [2.24, 2.45) is 0 Å². The first-order valence-electron chi connectivity index (χ1n) is 9.42. The van der Waals surface area contributed by atoms with Gasteiger partial charge in [-0.25, -0.2) is 4.98 Å². The molecule has 0 saturated carbocycles. The Balaban J connectivity index is 1.69. The van der Waals surface area contributed by atoms with Gasteiger partial charge >= 0.3 is 0 Å². The fourth-order valence-corrected chi connectivity index (χ4v) is 5.11. The zero-order chi connectivity index (χ0) is 20.9. The molecule has 29 heavy (non-hydrogen) atoms. The van der Waals surface area contributed by atoms with Crippen LogP contribution in [0.3, 0.4) is 0 Å². The van der Waals surface area contributed by atoms with Crippen LogP contribution in [0.15, 0.2) is 23.4 Å². The van der Waals surface area contributed by atoms with Crippen molar-refractivity contribution < 1.29 is 4.79 Å². The minimum absolute atomic E-state index is 0.0931. The number of fused-ring (bicyclic) bond motifs is 3. The maximum absolute atomic E-state index is 12.7. The van der Waals surface area contributed by atoms with Gasteiger partial charge in [0.2, 0.25) is 5.91 Å². The standard InChI is InChI=1S/C21H23N5OS2/c1-10-7-12(3)18-16(8-10)11(2)9-17-24-25-21(26(17)18)29-15(6)19(27)23-20-22-13(4)14(5)28-20/h7-9,15H,1-6H3,(H,22,23,27). The minimum Gasteiger partial charge on any atom is -0.301 e. The van der Waals surface area contributed by atoms with E-state index in [2.05, 4.69) is 57.8 Å². The lowest BCUT2D eigenvalue weighted by atomic mass is 10.0. The Kier molecular flexibility index (Phi) is 5.08. The summed E-state index contributed by atoms with van der Waals surface area (Å²) >= 11 is 2.90. The van der Waals surface area contributed by atoms with Gasteiger partial charge in [-0.05, 0) is 64.8 Å². The number of aromatic nitrogens is 4. The lowest BCUT2D eigenvalue weighted by molar-refractivity contribution is -0.115. The molecule has 1 N–H and O–H groups in total. The van der Waals surface area contributed by atoms with Gasteiger partial charge in [-0.2, -0.15) is 0 Å². The Labute approximate surface area is 177 Å². The molecule has 1 amide bonds. The van der Waals surface area contributed by atoms with E-state index < -0.39 is 0 Å². The molecule has 1 unspecified atom stereocenters. The number of rotatable bonds is 4. The first-order chi connectivity index (χ1) is 13.7. The molecule has 0 radical (unpaired) electrons. The number of aryl methyl sites for hydroxylation is 5. The fourth-order valence-electron chi connectivity index (χ4n) is 3.43. The Bertz CT molecular complexity index is 1240. The summed E-state index contributed by atoms with van der Waals surface area (Å²) in [6.45, 7) is 12.1. The molecular formula is C21H23N5OS2. The van der Waals surface area contributed by atoms with E-state index in [0.29, 0.717) is 10.3 Å². The molecule has 1 atom stereocenters. The molecule has 1 aromatic carbocycles. The second-order valence-electron chi connectivity index (χ2n) is 7.39. The quantitative estimate of drug-likeness (QED) is 0.466. The van der Waals surface area contributed by atoms with E-state index in [1.807, 2.05) is 26.8 Å². The summed E-state index contributed by atoms with van der Waals surface area (Å²) in [4.78, 5) is 18.2. The van der Waals surface area contributed by atoms with Gasteiger partial charge in [-0.3, -0.25) is 9.20 Å². The molecule has 0 aliphatic carbocycles. The van der Waals surface area contributed by atoms with Gasteiger partial charge in [0.1, 0.15) is 0 Å². The third kappa shape index (κ3) is 3.62. The van der Waals surface area contributed by atoms with Crippen LogP contribution in [0.25, 0.3) is 16.6 Å². The van der Waals surface area contributed by atoms with Crippen molar-refractivity contribution in [3.05, 3.63) is 45.5 Å². The maximum atomic E-state index is 12.7. The summed E-state index contributed by atoms with van der Waals surface area (Å²) in [7, 11) is 0. The fraction of sp³-hybridized carbons (Fsp3) is 0.333. The highest BCUT2D eigenvalue weighted by Crippen LogP contribution is 2.31. The normalized spacial score (nSPS) is 12.6. The number of nitrogens with one attached hydrogen (secondary N) is 1. The van der Waals surface area contributed by atoms with Crippen molar-refractivity contribution in [1.82, 2.24) is 19.6 Å².